The molecular formula is C10H13N3. The van der Waals surface area contributed by atoms with Crippen LogP contribution in [0.3, 0.4) is 0 Å². The quantitative estimate of drug-likeness (QED) is 0.630. The molecule has 3 nitrogen and oxygen atoms in total. The molecule has 68 valence electrons. The number of hydrogen-bond acceptors (Lipinski definition) is 1. The molecule has 0 radical (unpaired) electrons. The fourth-order valence-electron chi connectivity index (χ4n) is 1.43. The van der Waals surface area contributed by atoms with Gasteiger partial charge in [-0.05, 0) is 19.4 Å². The average Bonchev–Trinajstić information content (AvgIpc) is 2.85. The van der Waals surface area contributed by atoms with Crippen LogP contribution >= 0.6 is 0 Å². The van der Waals surface area contributed by atoms with Crippen molar-refractivity contribution in [1.29, 1.82) is 0 Å². The van der Waals surface area contributed by atoms with Gasteiger partial charge in [-0.1, -0.05) is 0 Å². The number of hydrogen-bond donors (Lipinski definition) is 0. The zero-order chi connectivity index (χ0) is 9.47. The van der Waals surface area contributed by atoms with E-state index in [1.54, 1.807) is 0 Å². The van der Waals surface area contributed by atoms with Crippen molar-refractivity contribution in [3.8, 4) is 0 Å². The Kier molecular flexibility index (Phi) is 1.66. The van der Waals surface area contributed by atoms with Crippen molar-refractivity contribution >= 4 is 0 Å². The smallest absolute Gasteiger partial charge is 0.252 e. The number of aryl methyl sites for hydroxylation is 1. The second-order valence-corrected chi connectivity index (χ2v) is 3.91. The summed E-state index contributed by atoms with van der Waals surface area (Å²) in [5, 5.41) is 4.26. The molecule has 1 aliphatic carbocycles. The Bertz CT molecular complexity index is 366. The Labute approximate surface area is 78.2 Å². The zero-order valence-electron chi connectivity index (χ0n) is 8.04. The van der Waals surface area contributed by atoms with Crippen LogP contribution in [0.5, 0.6) is 0 Å². The van der Waals surface area contributed by atoms with Crippen LogP contribution in [-0.2, 0) is 6.54 Å². The van der Waals surface area contributed by atoms with Gasteiger partial charge in [-0.2, -0.15) is 5.10 Å². The topological polar surface area (TPSA) is 22.2 Å². The van der Waals surface area contributed by atoms with E-state index < -0.39 is 0 Å². The highest BCUT2D eigenvalue weighted by Gasteiger charge is 2.51. The van der Waals surface area contributed by atoms with E-state index in [-0.39, 0.29) is 5.54 Å². The van der Waals surface area contributed by atoms with E-state index in [0.29, 0.717) is 0 Å². The molecule has 0 atom stereocenters. The van der Waals surface area contributed by atoms with Gasteiger partial charge in [-0.3, -0.25) is 4.68 Å². The van der Waals surface area contributed by atoms with E-state index in [1.165, 1.54) is 11.3 Å². The Balaban J connectivity index is 2.20. The monoisotopic (exact) mass is 175 g/mol. The van der Waals surface area contributed by atoms with E-state index in [1.807, 2.05) is 10.9 Å². The van der Waals surface area contributed by atoms with Crippen LogP contribution in [0.1, 0.15) is 24.1 Å². The summed E-state index contributed by atoms with van der Waals surface area (Å²) in [6.07, 6.45) is 3.94. The van der Waals surface area contributed by atoms with Gasteiger partial charge in [-0.25, -0.2) is 6.57 Å². The van der Waals surface area contributed by atoms with Crippen molar-refractivity contribution < 1.29 is 0 Å². The first-order chi connectivity index (χ1) is 6.17. The van der Waals surface area contributed by atoms with E-state index >= 15 is 0 Å². The molecule has 2 rings (SSSR count). The first-order valence-corrected chi connectivity index (χ1v) is 4.54. The van der Waals surface area contributed by atoms with Crippen LogP contribution in [0, 0.1) is 20.4 Å². The Morgan fingerprint density at radius 2 is 2.31 bits per heavy atom. The predicted octanol–water partition coefficient (Wildman–Crippen LogP) is 1.95. The van der Waals surface area contributed by atoms with Gasteiger partial charge in [-0.15, -0.1) is 0 Å². The van der Waals surface area contributed by atoms with Gasteiger partial charge in [0.15, 0.2) is 0 Å². The molecule has 1 aromatic heterocycles. The average molecular weight is 175 g/mol. The third kappa shape index (κ3) is 1.33. The van der Waals surface area contributed by atoms with Gasteiger partial charge in [0.25, 0.3) is 5.54 Å². The van der Waals surface area contributed by atoms with Crippen molar-refractivity contribution in [2.45, 2.75) is 38.8 Å². The van der Waals surface area contributed by atoms with Gasteiger partial charge in [0, 0.05) is 18.5 Å². The second kappa shape index (κ2) is 2.59. The normalized spacial score (nSPS) is 18.2. The van der Waals surface area contributed by atoms with Crippen LogP contribution in [-0.4, -0.2) is 15.3 Å². The minimum Gasteiger partial charge on any atom is -0.308 e. The molecule has 0 unspecified atom stereocenters. The SMILES string of the molecule is [C-]#[N+]C1(Cn2ncc(C)c2C)CC1. The summed E-state index contributed by atoms with van der Waals surface area (Å²) in [5.41, 5.74) is 2.29. The van der Waals surface area contributed by atoms with Gasteiger partial charge in [0.2, 0.25) is 0 Å². The van der Waals surface area contributed by atoms with Crippen LogP contribution in [0.15, 0.2) is 6.20 Å². The predicted molar refractivity (Wildman–Crippen MR) is 50.3 cm³/mol. The molecule has 0 spiro atoms. The van der Waals surface area contributed by atoms with Crippen molar-refractivity contribution in [2.24, 2.45) is 0 Å². The first kappa shape index (κ1) is 8.31. The van der Waals surface area contributed by atoms with E-state index in [9.17, 15) is 0 Å². The number of aromatic nitrogens is 2. The lowest BCUT2D eigenvalue weighted by Gasteiger charge is -2.05. The molecule has 1 fully saturated rings. The van der Waals surface area contributed by atoms with Crippen LogP contribution in [0.2, 0.25) is 0 Å². The van der Waals surface area contributed by atoms with Crippen molar-refractivity contribution in [3.63, 3.8) is 0 Å². The lowest BCUT2D eigenvalue weighted by Crippen LogP contribution is -2.15. The van der Waals surface area contributed by atoms with Gasteiger partial charge >= 0.3 is 0 Å². The van der Waals surface area contributed by atoms with Crippen molar-refractivity contribution in [2.75, 3.05) is 0 Å². The Morgan fingerprint density at radius 1 is 1.62 bits per heavy atom. The summed E-state index contributed by atoms with van der Waals surface area (Å²) in [6, 6.07) is 0. The van der Waals surface area contributed by atoms with Gasteiger partial charge in [0.05, 0.1) is 6.20 Å². The lowest BCUT2D eigenvalue weighted by molar-refractivity contribution is 0.535. The molecule has 13 heavy (non-hydrogen) atoms. The highest BCUT2D eigenvalue weighted by molar-refractivity contribution is 5.17. The molecule has 1 heterocycles. The van der Waals surface area contributed by atoms with E-state index in [4.69, 9.17) is 6.57 Å². The maximum Gasteiger partial charge on any atom is 0.252 e. The second-order valence-electron chi connectivity index (χ2n) is 3.91. The molecule has 0 aliphatic heterocycles. The summed E-state index contributed by atoms with van der Waals surface area (Å²) < 4.78 is 1.96. The molecule has 0 bridgehead atoms. The highest BCUT2D eigenvalue weighted by atomic mass is 15.3. The Hall–Kier alpha value is -1.30. The molecule has 0 amide bonds. The highest BCUT2D eigenvalue weighted by Crippen LogP contribution is 2.41. The molecular weight excluding hydrogens is 162 g/mol. The Morgan fingerprint density at radius 3 is 2.69 bits per heavy atom. The summed E-state index contributed by atoms with van der Waals surface area (Å²) in [6.45, 7) is 12.0. The minimum absolute atomic E-state index is 0.108. The van der Waals surface area contributed by atoms with Gasteiger partial charge < -0.3 is 4.85 Å². The standard InChI is InChI=1S/C10H13N3/c1-8-6-12-13(9(8)2)7-10(11-3)4-5-10/h6H,4-5,7H2,1-2H3. The summed E-state index contributed by atoms with van der Waals surface area (Å²) >= 11 is 0. The lowest BCUT2D eigenvalue weighted by atomic mass is 10.2. The number of rotatable bonds is 2. The van der Waals surface area contributed by atoms with Crippen LogP contribution in [0.25, 0.3) is 4.85 Å². The minimum atomic E-state index is -0.108. The van der Waals surface area contributed by atoms with E-state index in [0.717, 1.165) is 19.4 Å². The molecule has 1 saturated carbocycles. The third-order valence-corrected chi connectivity index (χ3v) is 2.86. The molecule has 1 aromatic rings. The molecule has 1 aliphatic rings. The molecule has 0 saturated heterocycles. The summed E-state index contributed by atoms with van der Waals surface area (Å²) in [5.74, 6) is 0. The van der Waals surface area contributed by atoms with Crippen molar-refractivity contribution in [1.82, 2.24) is 9.78 Å². The molecule has 3 heteroatoms. The van der Waals surface area contributed by atoms with Crippen molar-refractivity contribution in [3.05, 3.63) is 28.9 Å². The maximum absolute atomic E-state index is 7.08. The largest absolute Gasteiger partial charge is 0.308 e. The number of nitrogens with zero attached hydrogens (tertiary/aromatic N) is 3. The fourth-order valence-corrected chi connectivity index (χ4v) is 1.43. The van der Waals surface area contributed by atoms with E-state index in [2.05, 4.69) is 23.8 Å². The van der Waals surface area contributed by atoms with Crippen LogP contribution < -0.4 is 0 Å². The molecule has 0 aromatic carbocycles. The summed E-state index contributed by atoms with van der Waals surface area (Å²) in [4.78, 5) is 3.67. The van der Waals surface area contributed by atoms with Crippen LogP contribution in [0.4, 0.5) is 0 Å². The third-order valence-electron chi connectivity index (χ3n) is 2.86. The zero-order valence-corrected chi connectivity index (χ0v) is 8.04. The molecule has 0 N–H and O–H groups in total. The first-order valence-electron chi connectivity index (χ1n) is 4.54. The van der Waals surface area contributed by atoms with Gasteiger partial charge in [0.1, 0.15) is 6.54 Å². The summed E-state index contributed by atoms with van der Waals surface area (Å²) in [7, 11) is 0. The fraction of sp³-hybridized carbons (Fsp3) is 0.600. The maximum atomic E-state index is 7.08.